The van der Waals surface area contributed by atoms with Gasteiger partial charge in [0.05, 0.1) is 5.41 Å². The van der Waals surface area contributed by atoms with Crippen LogP contribution in [0.1, 0.15) is 56.3 Å². The van der Waals surface area contributed by atoms with Crippen molar-refractivity contribution in [2.75, 3.05) is 0 Å². The first-order valence-electron chi connectivity index (χ1n) is 6.78. The molecular weight excluding hydrogens is 238 g/mol. The van der Waals surface area contributed by atoms with Gasteiger partial charge in [-0.05, 0) is 41.9 Å². The van der Waals surface area contributed by atoms with Crippen molar-refractivity contribution in [2.45, 2.75) is 52.0 Å². The van der Waals surface area contributed by atoms with Crippen molar-refractivity contribution in [1.29, 1.82) is 0 Å². The van der Waals surface area contributed by atoms with Crippen LogP contribution in [-0.4, -0.2) is 11.1 Å². The fourth-order valence-corrected chi connectivity index (χ4v) is 2.53. The molecule has 0 bridgehead atoms. The number of aryl methyl sites for hydroxylation is 1. The van der Waals surface area contributed by atoms with Crippen molar-refractivity contribution in [3.63, 3.8) is 0 Å². The Morgan fingerprint density at radius 1 is 1.37 bits per heavy atom. The minimum atomic E-state index is -0.763. The molecule has 1 atom stereocenters. The molecule has 3 nitrogen and oxygen atoms in total. The zero-order valence-electron chi connectivity index (χ0n) is 12.2. The van der Waals surface area contributed by atoms with E-state index in [0.717, 1.165) is 11.1 Å². The van der Waals surface area contributed by atoms with Gasteiger partial charge in [-0.3, -0.25) is 4.79 Å². The van der Waals surface area contributed by atoms with E-state index < -0.39 is 17.4 Å². The first-order chi connectivity index (χ1) is 8.68. The minimum Gasteiger partial charge on any atom is -0.481 e. The van der Waals surface area contributed by atoms with E-state index in [1.165, 1.54) is 5.56 Å². The number of nitrogens with two attached hydrogens (primary N) is 1. The van der Waals surface area contributed by atoms with E-state index in [4.69, 9.17) is 5.73 Å². The van der Waals surface area contributed by atoms with E-state index in [1.807, 2.05) is 13.0 Å². The Hall–Kier alpha value is -1.35. The third-order valence-corrected chi connectivity index (χ3v) is 4.29. The van der Waals surface area contributed by atoms with Gasteiger partial charge in [0, 0.05) is 6.04 Å². The smallest absolute Gasteiger partial charge is 0.311 e. The Labute approximate surface area is 114 Å². The van der Waals surface area contributed by atoms with Crippen LogP contribution in [-0.2, 0) is 10.2 Å². The van der Waals surface area contributed by atoms with Gasteiger partial charge in [0.25, 0.3) is 0 Å². The Kier molecular flexibility index (Phi) is 3.21. The Morgan fingerprint density at radius 2 is 1.95 bits per heavy atom. The SMILES string of the molecule is Cc1ccc(C(C)(C)C)cc1C(N)C1(C(=O)O)CC1. The van der Waals surface area contributed by atoms with Gasteiger partial charge >= 0.3 is 5.97 Å². The second kappa shape index (κ2) is 4.34. The number of aliphatic carboxylic acids is 1. The molecule has 1 aliphatic rings. The zero-order chi connectivity index (χ0) is 14.4. The van der Waals surface area contributed by atoms with Crippen LogP contribution >= 0.6 is 0 Å². The Bertz CT molecular complexity index is 510. The Balaban J connectivity index is 2.42. The van der Waals surface area contributed by atoms with Gasteiger partial charge in [-0.1, -0.05) is 39.0 Å². The maximum absolute atomic E-state index is 11.4. The third-order valence-electron chi connectivity index (χ3n) is 4.29. The fraction of sp³-hybridized carbons (Fsp3) is 0.562. The molecule has 1 aromatic carbocycles. The molecule has 0 aliphatic heterocycles. The summed E-state index contributed by atoms with van der Waals surface area (Å²) < 4.78 is 0. The first-order valence-corrected chi connectivity index (χ1v) is 6.78. The Morgan fingerprint density at radius 3 is 2.37 bits per heavy atom. The van der Waals surface area contributed by atoms with Crippen LogP contribution in [0.15, 0.2) is 18.2 Å². The lowest BCUT2D eigenvalue weighted by Gasteiger charge is -2.25. The van der Waals surface area contributed by atoms with E-state index in [-0.39, 0.29) is 5.41 Å². The molecule has 0 spiro atoms. The monoisotopic (exact) mass is 261 g/mol. The largest absolute Gasteiger partial charge is 0.481 e. The summed E-state index contributed by atoms with van der Waals surface area (Å²) in [5, 5.41) is 9.38. The molecule has 0 radical (unpaired) electrons. The van der Waals surface area contributed by atoms with E-state index in [1.54, 1.807) is 0 Å². The highest BCUT2D eigenvalue weighted by atomic mass is 16.4. The normalized spacial score (nSPS) is 19.0. The number of carboxylic acids is 1. The van der Waals surface area contributed by atoms with Crippen LogP contribution in [0.2, 0.25) is 0 Å². The summed E-state index contributed by atoms with van der Waals surface area (Å²) in [6, 6.07) is 5.83. The van der Waals surface area contributed by atoms with Gasteiger partial charge in [-0.25, -0.2) is 0 Å². The number of carbonyl (C=O) groups is 1. The highest BCUT2D eigenvalue weighted by molar-refractivity contribution is 5.79. The number of carboxylic acid groups (broad SMARTS) is 1. The lowest BCUT2D eigenvalue weighted by Crippen LogP contribution is -2.30. The first kappa shape index (κ1) is 14.1. The molecule has 3 heteroatoms. The van der Waals surface area contributed by atoms with Gasteiger partial charge in [-0.15, -0.1) is 0 Å². The van der Waals surface area contributed by atoms with Gasteiger partial charge in [0.15, 0.2) is 0 Å². The average molecular weight is 261 g/mol. The molecule has 0 saturated heterocycles. The van der Waals surface area contributed by atoms with Gasteiger partial charge in [0.1, 0.15) is 0 Å². The standard InChI is InChI=1S/C16H23NO2/c1-10-5-6-11(15(2,3)4)9-12(10)13(17)16(7-8-16)14(18)19/h5-6,9,13H,7-8,17H2,1-4H3,(H,18,19). The molecule has 1 aromatic rings. The van der Waals surface area contributed by atoms with Crippen molar-refractivity contribution >= 4 is 5.97 Å². The van der Waals surface area contributed by atoms with Gasteiger partial charge < -0.3 is 10.8 Å². The molecule has 0 heterocycles. The van der Waals surface area contributed by atoms with Crippen molar-refractivity contribution in [1.82, 2.24) is 0 Å². The fourth-order valence-electron chi connectivity index (χ4n) is 2.53. The molecule has 0 aromatic heterocycles. The predicted octanol–water partition coefficient (Wildman–Crippen LogP) is 3.16. The lowest BCUT2D eigenvalue weighted by molar-refractivity contribution is -0.144. The molecular formula is C16H23NO2. The van der Waals surface area contributed by atoms with Crippen LogP contribution < -0.4 is 5.73 Å². The van der Waals surface area contributed by atoms with Gasteiger partial charge in [-0.2, -0.15) is 0 Å². The summed E-state index contributed by atoms with van der Waals surface area (Å²) in [5.41, 5.74) is 8.83. The summed E-state index contributed by atoms with van der Waals surface area (Å²) in [6.07, 6.45) is 1.37. The summed E-state index contributed by atoms with van der Waals surface area (Å²) in [5.74, 6) is -0.763. The lowest BCUT2D eigenvalue weighted by atomic mass is 9.81. The minimum absolute atomic E-state index is 0.0438. The molecule has 1 saturated carbocycles. The molecule has 3 N–H and O–H groups in total. The van der Waals surface area contributed by atoms with Crippen LogP contribution in [0.3, 0.4) is 0 Å². The number of benzene rings is 1. The summed E-state index contributed by atoms with van der Waals surface area (Å²) >= 11 is 0. The van der Waals surface area contributed by atoms with Crippen LogP contribution in [0, 0.1) is 12.3 Å². The van der Waals surface area contributed by atoms with Gasteiger partial charge in [0.2, 0.25) is 0 Å². The highest BCUT2D eigenvalue weighted by Gasteiger charge is 2.55. The molecule has 2 rings (SSSR count). The maximum atomic E-state index is 11.4. The average Bonchev–Trinajstić information content (AvgIpc) is 3.08. The van der Waals surface area contributed by atoms with Crippen LogP contribution in [0.4, 0.5) is 0 Å². The van der Waals surface area contributed by atoms with E-state index in [0.29, 0.717) is 12.8 Å². The maximum Gasteiger partial charge on any atom is 0.311 e. The second-order valence-electron chi connectivity index (χ2n) is 6.76. The third kappa shape index (κ3) is 2.39. The summed E-state index contributed by atoms with van der Waals surface area (Å²) in [7, 11) is 0. The van der Waals surface area contributed by atoms with Crippen LogP contribution in [0.25, 0.3) is 0 Å². The predicted molar refractivity (Wildman–Crippen MR) is 76.1 cm³/mol. The summed E-state index contributed by atoms with van der Waals surface area (Å²) in [4.78, 5) is 11.4. The van der Waals surface area contributed by atoms with E-state index in [9.17, 15) is 9.90 Å². The van der Waals surface area contributed by atoms with Crippen molar-refractivity contribution < 1.29 is 9.90 Å². The molecule has 1 fully saturated rings. The molecule has 1 aliphatic carbocycles. The van der Waals surface area contributed by atoms with Crippen molar-refractivity contribution in [2.24, 2.45) is 11.1 Å². The van der Waals surface area contributed by atoms with Crippen molar-refractivity contribution in [3.05, 3.63) is 34.9 Å². The summed E-state index contributed by atoms with van der Waals surface area (Å²) in [6.45, 7) is 8.45. The highest BCUT2D eigenvalue weighted by Crippen LogP contribution is 2.54. The number of hydrogen-bond acceptors (Lipinski definition) is 2. The van der Waals surface area contributed by atoms with Crippen LogP contribution in [0.5, 0.6) is 0 Å². The quantitative estimate of drug-likeness (QED) is 0.878. The number of rotatable bonds is 3. The molecule has 104 valence electrons. The molecule has 1 unspecified atom stereocenters. The molecule has 19 heavy (non-hydrogen) atoms. The number of hydrogen-bond donors (Lipinski definition) is 2. The van der Waals surface area contributed by atoms with Crippen molar-refractivity contribution in [3.8, 4) is 0 Å². The molecule has 0 amide bonds. The topological polar surface area (TPSA) is 63.3 Å². The zero-order valence-corrected chi connectivity index (χ0v) is 12.2. The van der Waals surface area contributed by atoms with E-state index in [2.05, 4.69) is 32.9 Å². The van der Waals surface area contributed by atoms with E-state index >= 15 is 0 Å². The second-order valence-corrected chi connectivity index (χ2v) is 6.76.